The number of thioether (sulfide) groups is 1. The SMILES string of the molecule is CC[C@H]1NC(=O)[C@@H](C[C@H](C)CCCCCCNC(C)=O)N(C)C(=O)[C@@H](C(C)C)N(C)C(=O)[C@@H](CCC(C)C)N(C)C(=O)[C@@H](CC(C)C)N(C)C(=O)[C@H](C)NC(=O)[C@@H](C)NC(=O)[C@@H](CC(C)C)N(C)C(=O)[C@@H](C(C)C)NC(=O)[C@H](CC(C)C)N(C)C(=O)[C@@H](CSC(C)(C)CC(=O)OC)N(C)C1=O. The van der Waals surface area contributed by atoms with Crippen molar-refractivity contribution in [3.05, 3.63) is 0 Å². The third kappa shape index (κ3) is 29.3. The van der Waals surface area contributed by atoms with E-state index in [0.29, 0.717) is 19.4 Å². The fourth-order valence-corrected chi connectivity index (χ4v) is 13.9. The van der Waals surface area contributed by atoms with E-state index < -0.39 is 154 Å². The number of nitrogens with one attached hydrogen (secondary N) is 5. The van der Waals surface area contributed by atoms with Gasteiger partial charge in [-0.1, -0.05) is 136 Å². The molecule has 12 amide bonds. The second kappa shape index (κ2) is 43.5. The van der Waals surface area contributed by atoms with Gasteiger partial charge in [0.05, 0.1) is 13.5 Å². The summed E-state index contributed by atoms with van der Waals surface area (Å²) in [5, 5.41) is 14.1. The molecule has 0 unspecified atom stereocenters. The first-order chi connectivity index (χ1) is 46.7. The molecule has 0 saturated carbocycles. The van der Waals surface area contributed by atoms with E-state index in [4.69, 9.17) is 4.74 Å². The van der Waals surface area contributed by atoms with Crippen LogP contribution in [0, 0.1) is 41.4 Å². The molecule has 0 aromatic rings. The largest absolute Gasteiger partial charge is 0.469 e. The van der Waals surface area contributed by atoms with Crippen molar-refractivity contribution < 1.29 is 67.1 Å². The molecule has 1 rings (SSSR count). The summed E-state index contributed by atoms with van der Waals surface area (Å²) in [6.45, 7) is 34.4. The van der Waals surface area contributed by atoms with Gasteiger partial charge < -0.3 is 65.6 Å². The van der Waals surface area contributed by atoms with Crippen LogP contribution in [0.1, 0.15) is 215 Å². The molecule has 0 radical (unpaired) electrons. The molecule has 580 valence electrons. The highest BCUT2D eigenvalue weighted by atomic mass is 32.2. The molecular formula is C74H134N12O14S. The van der Waals surface area contributed by atoms with Gasteiger partial charge in [0.1, 0.15) is 66.5 Å². The highest BCUT2D eigenvalue weighted by molar-refractivity contribution is 8.00. The van der Waals surface area contributed by atoms with Crippen molar-refractivity contribution in [2.45, 2.75) is 286 Å². The Kier molecular flexibility index (Phi) is 39.9. The number of nitrogens with zero attached hydrogens (tertiary/aromatic N) is 7. The average Bonchev–Trinajstić information content (AvgIpc) is 0.814. The molecular weight excluding hydrogens is 1310 g/mol. The van der Waals surface area contributed by atoms with Crippen LogP contribution >= 0.6 is 11.8 Å². The number of carbonyl (C=O) groups is 13. The highest BCUT2D eigenvalue weighted by Gasteiger charge is 2.45. The topological polar surface area (TPSA) is 314 Å². The van der Waals surface area contributed by atoms with E-state index in [1.54, 1.807) is 48.5 Å². The normalized spacial score (nSPS) is 24.9. The lowest BCUT2D eigenvalue weighted by atomic mass is 9.92. The van der Waals surface area contributed by atoms with E-state index in [0.717, 1.165) is 25.7 Å². The van der Waals surface area contributed by atoms with Crippen molar-refractivity contribution in [3.8, 4) is 0 Å². The maximum Gasteiger partial charge on any atom is 0.306 e. The van der Waals surface area contributed by atoms with E-state index in [9.17, 15) is 28.8 Å². The lowest BCUT2D eigenvalue weighted by molar-refractivity contribution is -0.156. The van der Waals surface area contributed by atoms with Gasteiger partial charge in [0.25, 0.3) is 0 Å². The van der Waals surface area contributed by atoms with Gasteiger partial charge in [-0.15, -0.1) is 0 Å². The first-order valence-electron chi connectivity index (χ1n) is 36.7. The summed E-state index contributed by atoms with van der Waals surface area (Å²) in [4.78, 5) is 199. The number of esters is 1. The zero-order valence-corrected chi connectivity index (χ0v) is 67.6. The van der Waals surface area contributed by atoms with Crippen molar-refractivity contribution in [2.24, 2.45) is 41.4 Å². The molecule has 12 atom stereocenters. The van der Waals surface area contributed by atoms with Gasteiger partial charge in [0.2, 0.25) is 70.9 Å². The fraction of sp³-hybridized carbons (Fsp3) is 0.824. The van der Waals surface area contributed by atoms with E-state index in [-0.39, 0.29) is 86.2 Å². The molecule has 27 heteroatoms. The first-order valence-corrected chi connectivity index (χ1v) is 37.7. The predicted molar refractivity (Wildman–Crippen MR) is 396 cm³/mol. The minimum atomic E-state index is -1.34. The zero-order chi connectivity index (χ0) is 78.0. The quantitative estimate of drug-likeness (QED) is 0.0472. The summed E-state index contributed by atoms with van der Waals surface area (Å²) >= 11 is 1.22. The van der Waals surface area contributed by atoms with Gasteiger partial charge in [-0.25, -0.2) is 0 Å². The number of carbonyl (C=O) groups excluding carboxylic acids is 13. The predicted octanol–water partition coefficient (Wildman–Crippen LogP) is 6.25. The second-order valence-electron chi connectivity index (χ2n) is 31.3. The summed E-state index contributed by atoms with van der Waals surface area (Å²) < 4.78 is 4.16. The number of unbranched alkanes of at least 4 members (excludes halogenated alkanes) is 3. The Balaban J connectivity index is 4.59. The number of ether oxygens (including phenoxy) is 1. The highest BCUT2D eigenvalue weighted by Crippen LogP contribution is 2.32. The maximum atomic E-state index is 15.6. The minimum absolute atomic E-state index is 0.0209. The maximum absolute atomic E-state index is 15.6. The summed E-state index contributed by atoms with van der Waals surface area (Å²) in [6.07, 6.45) is 5.02. The van der Waals surface area contributed by atoms with Crippen molar-refractivity contribution in [2.75, 3.05) is 68.7 Å². The van der Waals surface area contributed by atoms with Gasteiger partial charge in [0.15, 0.2) is 0 Å². The molecule has 101 heavy (non-hydrogen) atoms. The van der Waals surface area contributed by atoms with Crippen molar-refractivity contribution in [1.82, 2.24) is 60.9 Å². The van der Waals surface area contributed by atoms with Crippen LogP contribution in [0.2, 0.25) is 0 Å². The Morgan fingerprint density at radius 2 is 0.911 bits per heavy atom. The smallest absolute Gasteiger partial charge is 0.306 e. The van der Waals surface area contributed by atoms with Crippen LogP contribution in [-0.2, 0) is 67.1 Å². The molecule has 1 aliphatic heterocycles. The number of hydrogen-bond acceptors (Lipinski definition) is 15. The Labute approximate surface area is 610 Å². The lowest BCUT2D eigenvalue weighted by Gasteiger charge is -2.41. The molecule has 0 spiro atoms. The molecule has 26 nitrogen and oxygen atoms in total. The summed E-state index contributed by atoms with van der Waals surface area (Å²) in [6, 6.07) is -13.5. The number of methoxy groups -OCH3 is 1. The molecule has 0 aromatic carbocycles. The summed E-state index contributed by atoms with van der Waals surface area (Å²) in [7, 11) is 11.5. The van der Waals surface area contributed by atoms with Crippen LogP contribution < -0.4 is 26.6 Å². The van der Waals surface area contributed by atoms with Crippen LogP contribution in [0.4, 0.5) is 0 Å². The first kappa shape index (κ1) is 92.5. The third-order valence-corrected chi connectivity index (χ3v) is 20.6. The van der Waals surface area contributed by atoms with Gasteiger partial charge in [-0.05, 0) is 107 Å². The Morgan fingerprint density at radius 1 is 0.475 bits per heavy atom. The van der Waals surface area contributed by atoms with Gasteiger partial charge in [0, 0.05) is 73.3 Å². The van der Waals surface area contributed by atoms with Gasteiger partial charge in [-0.3, -0.25) is 62.3 Å². The molecule has 1 aliphatic rings. The Bertz CT molecular complexity index is 2760. The summed E-state index contributed by atoms with van der Waals surface area (Å²) in [5.74, 6) is -9.59. The molecule has 0 bridgehead atoms. The lowest BCUT2D eigenvalue weighted by Crippen LogP contribution is -2.62. The number of hydrogen-bond donors (Lipinski definition) is 5. The molecule has 1 heterocycles. The van der Waals surface area contributed by atoms with Crippen molar-refractivity contribution in [3.63, 3.8) is 0 Å². The fourth-order valence-electron chi connectivity index (χ4n) is 12.7. The average molecular weight is 1450 g/mol. The summed E-state index contributed by atoms with van der Waals surface area (Å²) in [5.41, 5.74) is 0. The van der Waals surface area contributed by atoms with E-state index >= 15 is 33.6 Å². The van der Waals surface area contributed by atoms with E-state index in [2.05, 4.69) is 26.6 Å². The monoisotopic (exact) mass is 1450 g/mol. The van der Waals surface area contributed by atoms with Crippen molar-refractivity contribution >= 4 is 88.6 Å². The van der Waals surface area contributed by atoms with Crippen LogP contribution in [0.3, 0.4) is 0 Å². The van der Waals surface area contributed by atoms with Gasteiger partial charge >= 0.3 is 5.97 Å². The number of likely N-dealkylation sites (N-methyl/N-ethyl adjacent to an activating group) is 7. The van der Waals surface area contributed by atoms with Crippen molar-refractivity contribution in [1.29, 1.82) is 0 Å². The van der Waals surface area contributed by atoms with Crippen LogP contribution in [0.15, 0.2) is 0 Å². The van der Waals surface area contributed by atoms with Gasteiger partial charge in [-0.2, -0.15) is 11.8 Å². The standard InChI is InChI=1S/C74H134N12O14S/c1-28-53-68(94)85(25)59(42-101-74(18,19)41-60(88)100-27)71(97)81(21)56(38-45(6)7)66(92)79-61(47(10)11)72(98)82(22)55(37-44(4)5)64(90)76-50(15)63(89)77-51(16)67(93)84(24)58(39-46(8)9)70(96)80(20)54(35-34-43(2)3)69(95)86(26)62(48(12)13)73(99)83(23)57(65(91)78-53)40-49(14)33-31-29-30-32-36-75-52(17)87/h43-51,53-59,61-62H,28-42H2,1-27H3,(H,75,87)(H,76,90)(H,77,89)(H,78,91)(H,79,92)/t49-,50-,51+,53-,54-,55-,56+,57-,58-,59-,61-,62-/m1/s1. The van der Waals surface area contributed by atoms with E-state index in [1.807, 2.05) is 62.3 Å². The van der Waals surface area contributed by atoms with Crippen LogP contribution in [0.5, 0.6) is 0 Å². The zero-order valence-electron chi connectivity index (χ0n) is 66.8. The van der Waals surface area contributed by atoms with Crippen LogP contribution in [-0.4, -0.2) is 251 Å². The second-order valence-corrected chi connectivity index (χ2v) is 33.0. The van der Waals surface area contributed by atoms with Crippen LogP contribution in [0.25, 0.3) is 0 Å². The molecule has 0 aromatic heterocycles. The molecule has 5 N–H and O–H groups in total. The number of amides is 12. The Morgan fingerprint density at radius 3 is 1.41 bits per heavy atom. The Hall–Kier alpha value is -6.54. The number of rotatable bonds is 26. The molecule has 0 aliphatic carbocycles. The third-order valence-electron chi connectivity index (χ3n) is 19.2. The molecule has 1 fully saturated rings. The molecule has 1 saturated heterocycles. The minimum Gasteiger partial charge on any atom is -0.469 e. The van der Waals surface area contributed by atoms with E-state index in [1.165, 1.54) is 123 Å².